The van der Waals surface area contributed by atoms with Crippen LogP contribution in [0, 0.1) is 18.7 Å². The van der Waals surface area contributed by atoms with Crippen molar-refractivity contribution in [1.29, 1.82) is 0 Å². The normalized spacial score (nSPS) is 10.9. The molecule has 0 saturated heterocycles. The molecule has 3 nitrogen and oxygen atoms in total. The Morgan fingerprint density at radius 3 is 2.78 bits per heavy atom. The molecule has 0 aliphatic heterocycles. The van der Waals surface area contributed by atoms with Gasteiger partial charge in [0.1, 0.15) is 5.82 Å². The van der Waals surface area contributed by atoms with E-state index in [-0.39, 0.29) is 5.82 Å². The zero-order valence-electron chi connectivity index (χ0n) is 10.9. The predicted octanol–water partition coefficient (Wildman–Crippen LogP) is 3.73. The van der Waals surface area contributed by atoms with Crippen molar-refractivity contribution in [3.63, 3.8) is 0 Å². The predicted molar refractivity (Wildman–Crippen MR) is 71.5 cm³/mol. The first-order valence-electron chi connectivity index (χ1n) is 6.10. The SMILES string of the molecule is Cc1cc(F)cc(Nc2nccn2CC(C)C)c1. The van der Waals surface area contributed by atoms with Gasteiger partial charge in [-0.1, -0.05) is 13.8 Å². The third-order valence-corrected chi connectivity index (χ3v) is 2.58. The summed E-state index contributed by atoms with van der Waals surface area (Å²) in [4.78, 5) is 4.25. The maximum Gasteiger partial charge on any atom is 0.207 e. The van der Waals surface area contributed by atoms with Crippen molar-refractivity contribution in [3.8, 4) is 0 Å². The van der Waals surface area contributed by atoms with Gasteiger partial charge >= 0.3 is 0 Å². The summed E-state index contributed by atoms with van der Waals surface area (Å²) in [7, 11) is 0. The molecule has 1 N–H and O–H groups in total. The Bertz CT molecular complexity index is 511. The third-order valence-electron chi connectivity index (χ3n) is 2.58. The molecule has 0 radical (unpaired) electrons. The van der Waals surface area contributed by atoms with Crippen LogP contribution in [0.3, 0.4) is 0 Å². The zero-order chi connectivity index (χ0) is 13.1. The number of halogens is 1. The van der Waals surface area contributed by atoms with E-state index in [0.29, 0.717) is 5.92 Å². The molecule has 2 aromatic rings. The molecule has 0 saturated carbocycles. The summed E-state index contributed by atoms with van der Waals surface area (Å²) in [5, 5.41) is 3.15. The Hall–Kier alpha value is -1.84. The lowest BCUT2D eigenvalue weighted by atomic mass is 10.2. The van der Waals surface area contributed by atoms with Crippen molar-refractivity contribution in [1.82, 2.24) is 9.55 Å². The quantitative estimate of drug-likeness (QED) is 0.892. The summed E-state index contributed by atoms with van der Waals surface area (Å²) in [6.07, 6.45) is 3.67. The first-order valence-corrected chi connectivity index (χ1v) is 6.10. The highest BCUT2D eigenvalue weighted by Gasteiger charge is 2.06. The van der Waals surface area contributed by atoms with Crippen LogP contribution in [0.4, 0.5) is 16.0 Å². The molecule has 0 aliphatic carbocycles. The molecule has 0 bridgehead atoms. The van der Waals surface area contributed by atoms with Crippen LogP contribution in [-0.4, -0.2) is 9.55 Å². The molecular weight excluding hydrogens is 229 g/mol. The maximum absolute atomic E-state index is 13.3. The molecule has 1 aromatic heterocycles. The molecule has 4 heteroatoms. The fourth-order valence-corrected chi connectivity index (χ4v) is 1.91. The lowest BCUT2D eigenvalue weighted by Crippen LogP contribution is -2.07. The minimum absolute atomic E-state index is 0.237. The molecule has 0 atom stereocenters. The number of imidazole rings is 1. The topological polar surface area (TPSA) is 29.9 Å². The van der Waals surface area contributed by atoms with E-state index in [9.17, 15) is 4.39 Å². The molecular formula is C14H18FN3. The van der Waals surface area contributed by atoms with Crippen LogP contribution in [0.2, 0.25) is 0 Å². The van der Waals surface area contributed by atoms with Crippen molar-refractivity contribution in [3.05, 3.63) is 42.0 Å². The Morgan fingerprint density at radius 2 is 2.11 bits per heavy atom. The van der Waals surface area contributed by atoms with E-state index in [1.165, 1.54) is 12.1 Å². The number of aryl methyl sites for hydroxylation is 1. The van der Waals surface area contributed by atoms with Gasteiger partial charge < -0.3 is 9.88 Å². The third kappa shape index (κ3) is 3.09. The van der Waals surface area contributed by atoms with Gasteiger partial charge in [0, 0.05) is 24.6 Å². The van der Waals surface area contributed by atoms with E-state index in [1.54, 1.807) is 6.20 Å². The highest BCUT2D eigenvalue weighted by molar-refractivity contribution is 5.54. The Morgan fingerprint density at radius 1 is 1.33 bits per heavy atom. The summed E-state index contributed by atoms with van der Waals surface area (Å²) in [5.41, 5.74) is 1.61. The molecule has 0 unspecified atom stereocenters. The zero-order valence-corrected chi connectivity index (χ0v) is 10.9. The first-order chi connectivity index (χ1) is 8.54. The van der Waals surface area contributed by atoms with E-state index < -0.39 is 0 Å². The second-order valence-corrected chi connectivity index (χ2v) is 4.94. The molecule has 2 rings (SSSR count). The number of nitrogens with one attached hydrogen (secondary N) is 1. The molecule has 0 amide bonds. The van der Waals surface area contributed by atoms with E-state index >= 15 is 0 Å². The number of nitrogens with zero attached hydrogens (tertiary/aromatic N) is 2. The minimum atomic E-state index is -0.237. The van der Waals surface area contributed by atoms with Gasteiger partial charge in [0.05, 0.1) is 0 Å². The fourth-order valence-electron chi connectivity index (χ4n) is 1.91. The highest BCUT2D eigenvalue weighted by atomic mass is 19.1. The fraction of sp³-hybridized carbons (Fsp3) is 0.357. The average molecular weight is 247 g/mol. The van der Waals surface area contributed by atoms with Gasteiger partial charge in [-0.2, -0.15) is 0 Å². The van der Waals surface area contributed by atoms with Crippen LogP contribution in [0.25, 0.3) is 0 Å². The first kappa shape index (κ1) is 12.6. The number of rotatable bonds is 4. The number of aromatic nitrogens is 2. The van der Waals surface area contributed by atoms with Crippen LogP contribution in [-0.2, 0) is 6.54 Å². The van der Waals surface area contributed by atoms with Crippen molar-refractivity contribution in [2.75, 3.05) is 5.32 Å². The second-order valence-electron chi connectivity index (χ2n) is 4.94. The molecule has 1 heterocycles. The maximum atomic E-state index is 13.3. The van der Waals surface area contributed by atoms with Gasteiger partial charge in [-0.15, -0.1) is 0 Å². The summed E-state index contributed by atoms with van der Waals surface area (Å²) < 4.78 is 15.3. The molecule has 0 spiro atoms. The summed E-state index contributed by atoms with van der Waals surface area (Å²) >= 11 is 0. The van der Waals surface area contributed by atoms with Crippen LogP contribution >= 0.6 is 0 Å². The monoisotopic (exact) mass is 247 g/mol. The van der Waals surface area contributed by atoms with Crippen molar-refractivity contribution in [2.45, 2.75) is 27.3 Å². The average Bonchev–Trinajstić information content (AvgIpc) is 2.63. The van der Waals surface area contributed by atoms with Crippen molar-refractivity contribution in [2.24, 2.45) is 5.92 Å². The number of anilines is 2. The summed E-state index contributed by atoms with van der Waals surface area (Å²) in [5.74, 6) is 1.04. The van der Waals surface area contributed by atoms with Crippen LogP contribution < -0.4 is 5.32 Å². The van der Waals surface area contributed by atoms with Gasteiger partial charge in [-0.05, 0) is 36.6 Å². The molecule has 96 valence electrons. The van der Waals surface area contributed by atoms with Crippen LogP contribution in [0.15, 0.2) is 30.6 Å². The van der Waals surface area contributed by atoms with Gasteiger partial charge in [-0.25, -0.2) is 9.37 Å². The smallest absolute Gasteiger partial charge is 0.207 e. The standard InChI is InChI=1S/C14H18FN3/c1-10(2)9-18-5-4-16-14(18)17-13-7-11(3)6-12(15)8-13/h4-8,10H,9H2,1-3H3,(H,16,17). The lowest BCUT2D eigenvalue weighted by molar-refractivity contribution is 0.527. The lowest BCUT2D eigenvalue weighted by Gasteiger charge is -2.12. The van der Waals surface area contributed by atoms with Gasteiger partial charge in [0.15, 0.2) is 0 Å². The number of benzene rings is 1. The summed E-state index contributed by atoms with van der Waals surface area (Å²) in [6, 6.07) is 4.88. The molecule has 18 heavy (non-hydrogen) atoms. The van der Waals surface area contributed by atoms with Crippen molar-refractivity contribution >= 4 is 11.6 Å². The Labute approximate surface area is 107 Å². The summed E-state index contributed by atoms with van der Waals surface area (Å²) in [6.45, 7) is 7.05. The number of hydrogen-bond acceptors (Lipinski definition) is 2. The Kier molecular flexibility index (Phi) is 3.65. The van der Waals surface area contributed by atoms with Crippen LogP contribution in [0.1, 0.15) is 19.4 Å². The van der Waals surface area contributed by atoms with E-state index in [0.717, 1.165) is 23.7 Å². The van der Waals surface area contributed by atoms with Gasteiger partial charge in [0.25, 0.3) is 0 Å². The second kappa shape index (κ2) is 5.21. The van der Waals surface area contributed by atoms with Crippen LogP contribution in [0.5, 0.6) is 0 Å². The van der Waals surface area contributed by atoms with E-state index in [2.05, 4.69) is 24.1 Å². The highest BCUT2D eigenvalue weighted by Crippen LogP contribution is 2.18. The number of hydrogen-bond donors (Lipinski definition) is 1. The van der Waals surface area contributed by atoms with Gasteiger partial charge in [0.2, 0.25) is 5.95 Å². The van der Waals surface area contributed by atoms with E-state index in [1.807, 2.05) is 23.8 Å². The largest absolute Gasteiger partial charge is 0.326 e. The van der Waals surface area contributed by atoms with Crippen molar-refractivity contribution < 1.29 is 4.39 Å². The minimum Gasteiger partial charge on any atom is -0.326 e. The molecule has 0 fully saturated rings. The van der Waals surface area contributed by atoms with Gasteiger partial charge in [-0.3, -0.25) is 0 Å². The Balaban J connectivity index is 2.20. The molecule has 1 aromatic carbocycles. The van der Waals surface area contributed by atoms with E-state index in [4.69, 9.17) is 0 Å². The molecule has 0 aliphatic rings.